The van der Waals surface area contributed by atoms with Crippen molar-refractivity contribution in [3.05, 3.63) is 5.89 Å². The van der Waals surface area contributed by atoms with Crippen LogP contribution in [0.5, 0.6) is 0 Å². The standard InChI is InChI=1S/C15H24N4O/c16-13-11-6-5-10(9-11)12(13)14-17-15(18-20-14)19-7-3-1-2-4-8-19/h10-13H,1-9,16H2. The molecular weight excluding hydrogens is 252 g/mol. The van der Waals surface area contributed by atoms with Crippen molar-refractivity contribution in [3.63, 3.8) is 0 Å². The van der Waals surface area contributed by atoms with Crippen LogP contribution in [0.2, 0.25) is 0 Å². The van der Waals surface area contributed by atoms with Gasteiger partial charge in [-0.15, -0.1) is 0 Å². The minimum Gasteiger partial charge on any atom is -0.338 e. The van der Waals surface area contributed by atoms with Crippen LogP contribution in [0.25, 0.3) is 0 Å². The summed E-state index contributed by atoms with van der Waals surface area (Å²) >= 11 is 0. The zero-order valence-corrected chi connectivity index (χ0v) is 12.0. The van der Waals surface area contributed by atoms with Gasteiger partial charge >= 0.3 is 0 Å². The molecule has 2 saturated carbocycles. The molecule has 2 aliphatic carbocycles. The topological polar surface area (TPSA) is 68.2 Å². The van der Waals surface area contributed by atoms with Crippen LogP contribution in [0.1, 0.15) is 56.8 Å². The van der Waals surface area contributed by atoms with Crippen LogP contribution < -0.4 is 10.6 Å². The van der Waals surface area contributed by atoms with E-state index in [2.05, 4.69) is 10.1 Å². The van der Waals surface area contributed by atoms with Gasteiger partial charge in [-0.1, -0.05) is 12.8 Å². The van der Waals surface area contributed by atoms with Crippen molar-refractivity contribution < 1.29 is 4.52 Å². The third-order valence-electron chi connectivity index (χ3n) is 5.59. The Morgan fingerprint density at radius 1 is 1.05 bits per heavy atom. The van der Waals surface area contributed by atoms with Gasteiger partial charge in [-0.05, 0) is 49.1 Å². The van der Waals surface area contributed by atoms with Crippen molar-refractivity contribution >= 4 is 5.95 Å². The molecule has 0 spiro atoms. The molecule has 1 aromatic heterocycles. The summed E-state index contributed by atoms with van der Waals surface area (Å²) in [7, 11) is 0. The number of fused-ring (bicyclic) bond motifs is 2. The monoisotopic (exact) mass is 276 g/mol. The van der Waals surface area contributed by atoms with Crippen molar-refractivity contribution in [2.24, 2.45) is 17.6 Å². The second kappa shape index (κ2) is 5.02. The van der Waals surface area contributed by atoms with Gasteiger partial charge in [0.25, 0.3) is 5.95 Å². The summed E-state index contributed by atoms with van der Waals surface area (Å²) in [5, 5.41) is 4.23. The Bertz CT molecular complexity index is 464. The quantitative estimate of drug-likeness (QED) is 0.897. The highest BCUT2D eigenvalue weighted by molar-refractivity contribution is 5.29. The fourth-order valence-electron chi connectivity index (χ4n) is 4.46. The first-order valence-corrected chi connectivity index (χ1v) is 8.17. The van der Waals surface area contributed by atoms with Gasteiger partial charge in [0.1, 0.15) is 0 Å². The first kappa shape index (κ1) is 12.6. The molecule has 5 nitrogen and oxygen atoms in total. The Hall–Kier alpha value is -1.10. The molecule has 3 fully saturated rings. The highest BCUT2D eigenvalue weighted by Gasteiger charge is 2.49. The van der Waals surface area contributed by atoms with Crippen LogP contribution in [-0.2, 0) is 0 Å². The molecule has 2 N–H and O–H groups in total. The Morgan fingerprint density at radius 2 is 1.80 bits per heavy atom. The largest absolute Gasteiger partial charge is 0.338 e. The molecule has 4 atom stereocenters. The Balaban J connectivity index is 1.53. The zero-order valence-electron chi connectivity index (χ0n) is 12.0. The van der Waals surface area contributed by atoms with E-state index in [0.29, 0.717) is 17.8 Å². The Kier molecular flexibility index (Phi) is 3.17. The molecule has 1 aromatic rings. The summed E-state index contributed by atoms with van der Waals surface area (Å²) in [6.07, 6.45) is 8.93. The van der Waals surface area contributed by atoms with E-state index < -0.39 is 0 Å². The lowest BCUT2D eigenvalue weighted by Gasteiger charge is -2.24. The van der Waals surface area contributed by atoms with Crippen molar-refractivity contribution in [3.8, 4) is 0 Å². The van der Waals surface area contributed by atoms with Gasteiger partial charge in [-0.2, -0.15) is 4.98 Å². The molecule has 0 aromatic carbocycles. The average Bonchev–Trinajstić information content (AvgIpc) is 3.11. The summed E-state index contributed by atoms with van der Waals surface area (Å²) in [6, 6.07) is 0.228. The number of anilines is 1. The number of aromatic nitrogens is 2. The maximum atomic E-state index is 6.37. The van der Waals surface area contributed by atoms with Crippen molar-refractivity contribution in [2.75, 3.05) is 18.0 Å². The minimum atomic E-state index is 0.228. The predicted molar refractivity (Wildman–Crippen MR) is 76.5 cm³/mol. The van der Waals surface area contributed by atoms with E-state index in [1.807, 2.05) is 0 Å². The first-order chi connectivity index (χ1) is 9.83. The van der Waals surface area contributed by atoms with Gasteiger partial charge < -0.3 is 15.2 Å². The lowest BCUT2D eigenvalue weighted by Crippen LogP contribution is -2.34. The van der Waals surface area contributed by atoms with Crippen LogP contribution in [0.3, 0.4) is 0 Å². The molecule has 3 aliphatic rings. The smallest absolute Gasteiger partial charge is 0.266 e. The summed E-state index contributed by atoms with van der Waals surface area (Å²) in [6.45, 7) is 2.11. The van der Waals surface area contributed by atoms with Crippen LogP contribution in [0.15, 0.2) is 4.52 Å². The second-order valence-corrected chi connectivity index (χ2v) is 6.77. The van der Waals surface area contributed by atoms with E-state index in [0.717, 1.165) is 24.9 Å². The lowest BCUT2D eigenvalue weighted by atomic mass is 9.85. The van der Waals surface area contributed by atoms with Crippen LogP contribution in [0.4, 0.5) is 5.95 Å². The van der Waals surface area contributed by atoms with E-state index in [4.69, 9.17) is 15.2 Å². The SMILES string of the molecule is NC1C2CCC(C2)C1c1nc(N2CCCCCC2)no1. The van der Waals surface area contributed by atoms with E-state index >= 15 is 0 Å². The molecule has 0 amide bonds. The van der Waals surface area contributed by atoms with E-state index in [9.17, 15) is 0 Å². The molecule has 1 saturated heterocycles. The molecule has 4 unspecified atom stereocenters. The maximum Gasteiger partial charge on any atom is 0.266 e. The predicted octanol–water partition coefficient (Wildman–Crippen LogP) is 2.29. The summed E-state index contributed by atoms with van der Waals surface area (Å²) in [4.78, 5) is 6.97. The fraction of sp³-hybridized carbons (Fsp3) is 0.867. The third-order valence-corrected chi connectivity index (χ3v) is 5.59. The Labute approximate surface area is 119 Å². The summed E-state index contributed by atoms with van der Waals surface area (Å²) in [5.74, 6) is 3.24. The van der Waals surface area contributed by atoms with Gasteiger partial charge in [0.2, 0.25) is 5.89 Å². The Morgan fingerprint density at radius 3 is 2.50 bits per heavy atom. The van der Waals surface area contributed by atoms with Gasteiger partial charge in [-0.25, -0.2) is 0 Å². The summed E-state index contributed by atoms with van der Waals surface area (Å²) in [5.41, 5.74) is 6.37. The van der Waals surface area contributed by atoms with Gasteiger partial charge in [0, 0.05) is 19.1 Å². The normalized spacial score (nSPS) is 37.4. The number of rotatable bonds is 2. The van der Waals surface area contributed by atoms with Gasteiger partial charge in [0.05, 0.1) is 5.92 Å². The van der Waals surface area contributed by atoms with E-state index in [1.54, 1.807) is 0 Å². The third kappa shape index (κ3) is 2.03. The van der Waals surface area contributed by atoms with Crippen molar-refractivity contribution in [1.29, 1.82) is 0 Å². The van der Waals surface area contributed by atoms with Crippen LogP contribution in [0, 0.1) is 11.8 Å². The van der Waals surface area contributed by atoms with Gasteiger partial charge in [0.15, 0.2) is 0 Å². The molecule has 4 rings (SSSR count). The number of hydrogen-bond donors (Lipinski definition) is 1. The van der Waals surface area contributed by atoms with Gasteiger partial charge in [-0.3, -0.25) is 0 Å². The van der Waals surface area contributed by atoms with E-state index in [-0.39, 0.29) is 6.04 Å². The second-order valence-electron chi connectivity index (χ2n) is 6.77. The molecule has 1 aliphatic heterocycles. The highest BCUT2D eigenvalue weighted by Crippen LogP contribution is 2.51. The molecule has 110 valence electrons. The van der Waals surface area contributed by atoms with Crippen molar-refractivity contribution in [1.82, 2.24) is 10.1 Å². The zero-order chi connectivity index (χ0) is 13.5. The fourth-order valence-corrected chi connectivity index (χ4v) is 4.46. The van der Waals surface area contributed by atoms with Crippen molar-refractivity contribution in [2.45, 2.75) is 56.9 Å². The molecule has 5 heteroatoms. The summed E-state index contributed by atoms with van der Waals surface area (Å²) < 4.78 is 5.58. The molecule has 2 bridgehead atoms. The van der Waals surface area contributed by atoms with Crippen LogP contribution in [-0.4, -0.2) is 29.3 Å². The van der Waals surface area contributed by atoms with Crippen LogP contribution >= 0.6 is 0 Å². The lowest BCUT2D eigenvalue weighted by molar-refractivity contribution is 0.279. The number of nitrogens with two attached hydrogens (primary N) is 1. The number of hydrogen-bond acceptors (Lipinski definition) is 5. The molecular formula is C15H24N4O. The molecule has 20 heavy (non-hydrogen) atoms. The highest BCUT2D eigenvalue weighted by atomic mass is 16.5. The van der Waals surface area contributed by atoms with E-state index in [1.165, 1.54) is 44.9 Å². The maximum absolute atomic E-state index is 6.37. The first-order valence-electron chi connectivity index (χ1n) is 8.17. The number of nitrogens with zero attached hydrogens (tertiary/aromatic N) is 3. The average molecular weight is 276 g/mol. The minimum absolute atomic E-state index is 0.228. The molecule has 2 heterocycles. The molecule has 0 radical (unpaired) electrons.